The number of carbonyl (C=O) groups excluding carboxylic acids is 1. The van der Waals surface area contributed by atoms with Crippen LogP contribution in [0.1, 0.15) is 15.9 Å². The van der Waals surface area contributed by atoms with Crippen molar-refractivity contribution in [3.05, 3.63) is 70.2 Å². The van der Waals surface area contributed by atoms with E-state index in [-0.39, 0.29) is 12.0 Å². The zero-order chi connectivity index (χ0) is 13.1. The average molecular weight is 267 g/mol. The van der Waals surface area contributed by atoms with Crippen molar-refractivity contribution in [1.29, 1.82) is 0 Å². The first-order chi connectivity index (χ1) is 8.58. The molecule has 0 atom stereocenters. The van der Waals surface area contributed by atoms with E-state index in [9.17, 15) is 13.6 Å². The maximum atomic E-state index is 13.4. The molecule has 18 heavy (non-hydrogen) atoms. The predicted octanol–water partition coefficient (Wildman–Crippen LogP) is 4.04. The van der Waals surface area contributed by atoms with Crippen LogP contribution in [-0.4, -0.2) is 5.78 Å². The third-order valence-corrected chi connectivity index (χ3v) is 2.78. The molecule has 2 aromatic carbocycles. The monoisotopic (exact) mass is 266 g/mol. The first-order valence-corrected chi connectivity index (χ1v) is 5.67. The lowest BCUT2D eigenvalue weighted by molar-refractivity contribution is 0.0988. The Morgan fingerprint density at radius 1 is 1.06 bits per heavy atom. The van der Waals surface area contributed by atoms with Gasteiger partial charge in [-0.25, -0.2) is 8.78 Å². The Hall–Kier alpha value is -1.74. The quantitative estimate of drug-likeness (QED) is 0.766. The summed E-state index contributed by atoms with van der Waals surface area (Å²) in [4.78, 5) is 11.8. The molecule has 0 saturated carbocycles. The minimum Gasteiger partial charge on any atom is -0.294 e. The van der Waals surface area contributed by atoms with Gasteiger partial charge >= 0.3 is 0 Å². The van der Waals surface area contributed by atoms with Gasteiger partial charge in [0.15, 0.2) is 17.4 Å². The summed E-state index contributed by atoms with van der Waals surface area (Å²) in [5.41, 5.74) is 0.470. The molecule has 0 aliphatic rings. The molecule has 0 unspecified atom stereocenters. The summed E-state index contributed by atoms with van der Waals surface area (Å²) < 4.78 is 26.4. The van der Waals surface area contributed by atoms with Crippen molar-refractivity contribution in [2.24, 2.45) is 0 Å². The summed E-state index contributed by atoms with van der Waals surface area (Å²) in [6.07, 6.45) is 0.0115. The van der Waals surface area contributed by atoms with Crippen LogP contribution in [0.4, 0.5) is 8.78 Å². The Bertz CT molecular complexity index is 579. The van der Waals surface area contributed by atoms with E-state index in [0.717, 1.165) is 6.07 Å². The molecule has 0 fully saturated rings. The Labute approximate surface area is 108 Å². The van der Waals surface area contributed by atoms with Gasteiger partial charge in [0.2, 0.25) is 0 Å². The van der Waals surface area contributed by atoms with Crippen molar-refractivity contribution >= 4 is 17.4 Å². The molecular formula is C14H9ClF2O. The summed E-state index contributed by atoms with van der Waals surface area (Å²) in [5.74, 6) is -2.58. The highest BCUT2D eigenvalue weighted by Crippen LogP contribution is 2.16. The molecule has 2 aromatic rings. The Balaban J connectivity index is 2.22. The number of hydrogen-bond donors (Lipinski definition) is 0. The third kappa shape index (κ3) is 2.74. The third-order valence-electron chi connectivity index (χ3n) is 2.53. The van der Waals surface area contributed by atoms with Gasteiger partial charge in [0, 0.05) is 11.4 Å². The maximum Gasteiger partial charge on any atom is 0.170 e. The van der Waals surface area contributed by atoms with E-state index in [1.54, 1.807) is 24.3 Å². The minimum absolute atomic E-state index is 0.0115. The number of benzene rings is 2. The summed E-state index contributed by atoms with van der Waals surface area (Å²) >= 11 is 5.72. The number of hydrogen-bond acceptors (Lipinski definition) is 1. The summed E-state index contributed by atoms with van der Waals surface area (Å²) in [5, 5.41) is 0.558. The Kier molecular flexibility index (Phi) is 3.72. The first-order valence-electron chi connectivity index (χ1n) is 5.29. The van der Waals surface area contributed by atoms with E-state index in [1.807, 2.05) is 0 Å². The fourth-order valence-corrected chi connectivity index (χ4v) is 1.73. The van der Waals surface area contributed by atoms with Gasteiger partial charge in [-0.2, -0.15) is 0 Å². The van der Waals surface area contributed by atoms with Crippen LogP contribution in [0.3, 0.4) is 0 Å². The second-order valence-corrected chi connectivity index (χ2v) is 4.26. The second kappa shape index (κ2) is 5.27. The molecule has 0 saturated heterocycles. The van der Waals surface area contributed by atoms with Gasteiger partial charge in [0.05, 0.1) is 5.56 Å². The highest BCUT2D eigenvalue weighted by Gasteiger charge is 2.15. The SMILES string of the molecule is O=C(Cc1ccc(Cl)cc1)c1cccc(F)c1F. The van der Waals surface area contributed by atoms with Gasteiger partial charge in [-0.3, -0.25) is 4.79 Å². The molecule has 2 rings (SSSR count). The highest BCUT2D eigenvalue weighted by atomic mass is 35.5. The van der Waals surface area contributed by atoms with Crippen LogP contribution in [0.15, 0.2) is 42.5 Å². The number of ketones is 1. The van der Waals surface area contributed by atoms with Crippen LogP contribution in [0.25, 0.3) is 0 Å². The van der Waals surface area contributed by atoms with Gasteiger partial charge in [-0.1, -0.05) is 29.8 Å². The molecule has 1 nitrogen and oxygen atoms in total. The fraction of sp³-hybridized carbons (Fsp3) is 0.0714. The lowest BCUT2D eigenvalue weighted by Crippen LogP contribution is -2.07. The number of halogens is 3. The number of Topliss-reactive ketones (excluding diaryl/α,β-unsaturated/α-hetero) is 1. The molecule has 4 heteroatoms. The minimum atomic E-state index is -1.10. The van der Waals surface area contributed by atoms with Gasteiger partial charge in [0.25, 0.3) is 0 Å². The molecule has 92 valence electrons. The van der Waals surface area contributed by atoms with Gasteiger partial charge in [0.1, 0.15) is 0 Å². The number of rotatable bonds is 3. The largest absolute Gasteiger partial charge is 0.294 e. The van der Waals surface area contributed by atoms with Crippen molar-refractivity contribution in [3.63, 3.8) is 0 Å². The molecule has 0 N–H and O–H groups in total. The summed E-state index contributed by atoms with van der Waals surface area (Å²) in [7, 11) is 0. The molecule has 0 aliphatic carbocycles. The van der Waals surface area contributed by atoms with Crippen molar-refractivity contribution in [3.8, 4) is 0 Å². The van der Waals surface area contributed by atoms with Crippen molar-refractivity contribution < 1.29 is 13.6 Å². The van der Waals surface area contributed by atoms with Gasteiger partial charge in [-0.15, -0.1) is 0 Å². The van der Waals surface area contributed by atoms with Crippen LogP contribution in [0, 0.1) is 11.6 Å². The van der Waals surface area contributed by atoms with Crippen LogP contribution in [0.2, 0.25) is 5.02 Å². The van der Waals surface area contributed by atoms with Crippen LogP contribution in [-0.2, 0) is 6.42 Å². The predicted molar refractivity (Wildman–Crippen MR) is 65.8 cm³/mol. The molecule has 0 heterocycles. The van der Waals surface area contributed by atoms with E-state index in [2.05, 4.69) is 0 Å². The molecule has 0 spiro atoms. The van der Waals surface area contributed by atoms with E-state index in [0.29, 0.717) is 10.6 Å². The zero-order valence-electron chi connectivity index (χ0n) is 9.29. The molecule has 0 aliphatic heterocycles. The molecule has 0 amide bonds. The van der Waals surface area contributed by atoms with Crippen LogP contribution >= 0.6 is 11.6 Å². The molecule has 0 radical (unpaired) electrons. The van der Waals surface area contributed by atoms with Crippen molar-refractivity contribution in [2.45, 2.75) is 6.42 Å². The van der Waals surface area contributed by atoms with E-state index in [1.165, 1.54) is 12.1 Å². The summed E-state index contributed by atoms with van der Waals surface area (Å²) in [6.45, 7) is 0. The van der Waals surface area contributed by atoms with E-state index < -0.39 is 17.4 Å². The van der Waals surface area contributed by atoms with Crippen LogP contribution < -0.4 is 0 Å². The maximum absolute atomic E-state index is 13.4. The van der Waals surface area contributed by atoms with E-state index >= 15 is 0 Å². The lowest BCUT2D eigenvalue weighted by Gasteiger charge is -2.03. The fourth-order valence-electron chi connectivity index (χ4n) is 1.60. The number of carbonyl (C=O) groups is 1. The van der Waals surface area contributed by atoms with E-state index in [4.69, 9.17) is 11.6 Å². The second-order valence-electron chi connectivity index (χ2n) is 3.83. The molecule has 0 aromatic heterocycles. The highest BCUT2D eigenvalue weighted by molar-refractivity contribution is 6.30. The van der Waals surface area contributed by atoms with Crippen molar-refractivity contribution in [2.75, 3.05) is 0 Å². The Morgan fingerprint density at radius 2 is 1.72 bits per heavy atom. The van der Waals surface area contributed by atoms with Crippen molar-refractivity contribution in [1.82, 2.24) is 0 Å². The van der Waals surface area contributed by atoms with Crippen LogP contribution in [0.5, 0.6) is 0 Å². The summed E-state index contributed by atoms with van der Waals surface area (Å²) in [6, 6.07) is 10.2. The zero-order valence-corrected chi connectivity index (χ0v) is 10.0. The smallest absolute Gasteiger partial charge is 0.170 e. The first kappa shape index (κ1) is 12.7. The average Bonchev–Trinajstić information content (AvgIpc) is 2.35. The Morgan fingerprint density at radius 3 is 2.39 bits per heavy atom. The molecular weight excluding hydrogens is 258 g/mol. The normalized spacial score (nSPS) is 10.4. The van der Waals surface area contributed by atoms with Gasteiger partial charge < -0.3 is 0 Å². The molecule has 0 bridgehead atoms. The lowest BCUT2D eigenvalue weighted by atomic mass is 10.0. The topological polar surface area (TPSA) is 17.1 Å². The standard InChI is InChI=1S/C14H9ClF2O/c15-10-6-4-9(5-7-10)8-13(18)11-2-1-3-12(16)14(11)17/h1-7H,8H2. The van der Waals surface area contributed by atoms with Gasteiger partial charge in [-0.05, 0) is 29.8 Å².